The minimum absolute atomic E-state index is 0.0520. The fourth-order valence-corrected chi connectivity index (χ4v) is 2.66. The minimum Gasteiger partial charge on any atom is -0.507 e. The molecule has 1 aromatic rings. The molecule has 0 aromatic heterocycles. The van der Waals surface area contributed by atoms with E-state index in [1.54, 1.807) is 12.1 Å². The molecule has 0 amide bonds. The first kappa shape index (κ1) is 12.0. The number of aromatic hydroxyl groups is 1. The van der Waals surface area contributed by atoms with E-state index in [0.717, 1.165) is 0 Å². The van der Waals surface area contributed by atoms with Crippen molar-refractivity contribution in [3.63, 3.8) is 0 Å². The van der Waals surface area contributed by atoms with Crippen LogP contribution in [0, 0.1) is 5.41 Å². The van der Waals surface area contributed by atoms with E-state index in [9.17, 15) is 14.7 Å². The summed E-state index contributed by atoms with van der Waals surface area (Å²) in [7, 11) is 0. The van der Waals surface area contributed by atoms with Crippen LogP contribution in [-0.4, -0.2) is 22.8 Å². The van der Waals surface area contributed by atoms with Crippen LogP contribution in [0.15, 0.2) is 29.5 Å². The van der Waals surface area contributed by atoms with Gasteiger partial charge in [0.05, 0.1) is 11.1 Å². The van der Waals surface area contributed by atoms with Crippen LogP contribution in [-0.2, 0) is 4.74 Å². The van der Waals surface area contributed by atoms with E-state index in [1.165, 1.54) is 6.07 Å². The van der Waals surface area contributed by atoms with Crippen LogP contribution >= 0.6 is 0 Å². The first-order valence-electron chi connectivity index (χ1n) is 6.18. The quantitative estimate of drug-likeness (QED) is 0.776. The molecule has 0 radical (unpaired) electrons. The zero-order valence-corrected chi connectivity index (χ0v) is 11.0. The highest BCUT2D eigenvalue weighted by molar-refractivity contribution is 6.28. The van der Waals surface area contributed by atoms with Gasteiger partial charge in [-0.1, -0.05) is 26.0 Å². The molecule has 0 saturated carbocycles. The van der Waals surface area contributed by atoms with Gasteiger partial charge in [0.15, 0.2) is 11.5 Å². The third-order valence-corrected chi connectivity index (χ3v) is 4.13. The van der Waals surface area contributed by atoms with Crippen molar-refractivity contribution in [3.8, 4) is 5.75 Å². The molecule has 1 N–H and O–H groups in total. The summed E-state index contributed by atoms with van der Waals surface area (Å²) in [5, 5.41) is 9.81. The Kier molecular flexibility index (Phi) is 2.18. The number of benzene rings is 1. The van der Waals surface area contributed by atoms with Crippen molar-refractivity contribution >= 4 is 11.6 Å². The number of phenols is 1. The van der Waals surface area contributed by atoms with Gasteiger partial charge in [-0.15, -0.1) is 0 Å². The monoisotopic (exact) mass is 258 g/mol. The van der Waals surface area contributed by atoms with Crippen LogP contribution in [0.1, 0.15) is 41.5 Å². The van der Waals surface area contributed by atoms with Gasteiger partial charge < -0.3 is 9.84 Å². The molecule has 0 saturated heterocycles. The van der Waals surface area contributed by atoms with Gasteiger partial charge in [0.1, 0.15) is 11.9 Å². The predicted octanol–water partition coefficient (Wildman–Crippen LogP) is 2.47. The Labute approximate surface area is 110 Å². The summed E-state index contributed by atoms with van der Waals surface area (Å²) < 4.78 is 5.57. The summed E-state index contributed by atoms with van der Waals surface area (Å²) >= 11 is 0. The number of ketones is 2. The molecule has 19 heavy (non-hydrogen) atoms. The molecule has 1 aromatic carbocycles. The summed E-state index contributed by atoms with van der Waals surface area (Å²) in [6, 6.07) is 4.54. The fourth-order valence-electron chi connectivity index (χ4n) is 2.66. The van der Waals surface area contributed by atoms with E-state index in [4.69, 9.17) is 4.74 Å². The van der Waals surface area contributed by atoms with Gasteiger partial charge in [0, 0.05) is 11.0 Å². The lowest BCUT2D eigenvalue weighted by atomic mass is 9.74. The lowest BCUT2D eigenvalue weighted by molar-refractivity contribution is 0.0721. The predicted molar refractivity (Wildman–Crippen MR) is 68.1 cm³/mol. The van der Waals surface area contributed by atoms with Crippen molar-refractivity contribution in [2.75, 3.05) is 0 Å². The molecule has 1 atom stereocenters. The average molecular weight is 258 g/mol. The van der Waals surface area contributed by atoms with Crippen molar-refractivity contribution in [3.05, 3.63) is 40.7 Å². The molecule has 0 spiro atoms. The molecule has 1 heterocycles. The lowest BCUT2D eigenvalue weighted by Crippen LogP contribution is -2.29. The highest BCUT2D eigenvalue weighted by atomic mass is 16.5. The minimum atomic E-state index is -0.509. The Morgan fingerprint density at radius 1 is 1.21 bits per heavy atom. The summed E-state index contributed by atoms with van der Waals surface area (Å²) in [5.74, 6) is -0.713. The van der Waals surface area contributed by atoms with Crippen LogP contribution in [0.3, 0.4) is 0 Å². The first-order valence-corrected chi connectivity index (χ1v) is 6.18. The van der Waals surface area contributed by atoms with Crippen LogP contribution in [0.5, 0.6) is 5.75 Å². The second-order valence-electron chi connectivity index (χ2n) is 5.54. The normalized spacial score (nSPS) is 24.1. The molecule has 4 heteroatoms. The van der Waals surface area contributed by atoms with E-state index >= 15 is 0 Å². The molecule has 1 aliphatic heterocycles. The second kappa shape index (κ2) is 3.47. The Morgan fingerprint density at radius 2 is 1.89 bits per heavy atom. The van der Waals surface area contributed by atoms with Gasteiger partial charge in [-0.2, -0.15) is 0 Å². The number of carbonyl (C=O) groups excluding carboxylic acids is 2. The van der Waals surface area contributed by atoms with Gasteiger partial charge in [-0.05, 0) is 13.0 Å². The van der Waals surface area contributed by atoms with E-state index in [1.807, 2.05) is 20.8 Å². The maximum absolute atomic E-state index is 12.6. The second-order valence-corrected chi connectivity index (χ2v) is 5.54. The summed E-state index contributed by atoms with van der Waals surface area (Å²) in [5.41, 5.74) is 0.222. The number of hydrogen-bond donors (Lipinski definition) is 1. The Morgan fingerprint density at radius 3 is 2.58 bits per heavy atom. The van der Waals surface area contributed by atoms with Crippen molar-refractivity contribution in [2.24, 2.45) is 5.41 Å². The Bertz CT molecular complexity index is 652. The molecule has 98 valence electrons. The number of fused-ring (bicyclic) bond motifs is 1. The summed E-state index contributed by atoms with van der Waals surface area (Å²) in [4.78, 5) is 25.0. The molecule has 0 bridgehead atoms. The van der Waals surface area contributed by atoms with Gasteiger partial charge in [-0.25, -0.2) is 0 Å². The van der Waals surface area contributed by atoms with Crippen LogP contribution < -0.4 is 0 Å². The molecule has 1 aliphatic carbocycles. The number of rotatable bonds is 0. The number of allylic oxidation sites excluding steroid dienone is 1. The third kappa shape index (κ3) is 1.34. The van der Waals surface area contributed by atoms with Crippen molar-refractivity contribution in [1.82, 2.24) is 0 Å². The molecule has 4 nitrogen and oxygen atoms in total. The van der Waals surface area contributed by atoms with Crippen molar-refractivity contribution < 1.29 is 19.4 Å². The maximum Gasteiger partial charge on any atom is 0.232 e. The van der Waals surface area contributed by atoms with Gasteiger partial charge in [0.25, 0.3) is 0 Å². The van der Waals surface area contributed by atoms with E-state index in [-0.39, 0.29) is 34.5 Å². The van der Waals surface area contributed by atoms with Crippen molar-refractivity contribution in [2.45, 2.75) is 26.9 Å². The maximum atomic E-state index is 12.6. The highest BCUT2D eigenvalue weighted by Gasteiger charge is 2.50. The first-order chi connectivity index (χ1) is 8.85. The molecule has 3 rings (SSSR count). The largest absolute Gasteiger partial charge is 0.507 e. The molecular weight excluding hydrogens is 244 g/mol. The van der Waals surface area contributed by atoms with E-state index in [0.29, 0.717) is 5.57 Å². The smallest absolute Gasteiger partial charge is 0.232 e. The zero-order valence-electron chi connectivity index (χ0n) is 11.0. The topological polar surface area (TPSA) is 63.6 Å². The molecule has 0 unspecified atom stereocenters. The van der Waals surface area contributed by atoms with E-state index in [2.05, 4.69) is 0 Å². The zero-order chi connectivity index (χ0) is 13.9. The van der Waals surface area contributed by atoms with Crippen molar-refractivity contribution in [1.29, 1.82) is 0 Å². The van der Waals surface area contributed by atoms with Gasteiger partial charge >= 0.3 is 0 Å². The molecular formula is C15H14O4. The van der Waals surface area contributed by atoms with Gasteiger partial charge in [-0.3, -0.25) is 9.59 Å². The van der Waals surface area contributed by atoms with Crippen LogP contribution in [0.2, 0.25) is 0 Å². The number of carbonyl (C=O) groups is 2. The van der Waals surface area contributed by atoms with Crippen LogP contribution in [0.4, 0.5) is 0 Å². The summed E-state index contributed by atoms with van der Waals surface area (Å²) in [6.45, 7) is 5.61. The van der Waals surface area contributed by atoms with Gasteiger partial charge in [0.2, 0.25) is 5.78 Å². The highest BCUT2D eigenvalue weighted by Crippen LogP contribution is 2.47. The SMILES string of the molecule is C[C@H]1OC2=C(C(=O)c3cccc(O)c3C2=O)C1(C)C. The third-order valence-electron chi connectivity index (χ3n) is 4.13. The van der Waals surface area contributed by atoms with Crippen LogP contribution in [0.25, 0.3) is 0 Å². The average Bonchev–Trinajstić information content (AvgIpc) is 2.58. The fraction of sp³-hybridized carbons (Fsp3) is 0.333. The number of hydrogen-bond acceptors (Lipinski definition) is 4. The Hall–Kier alpha value is -2.10. The molecule has 2 aliphatic rings. The molecule has 0 fully saturated rings. The van der Waals surface area contributed by atoms with E-state index < -0.39 is 11.2 Å². The number of Topliss-reactive ketones (excluding diaryl/α,β-unsaturated/α-hetero) is 2. The number of ether oxygens (including phenoxy) is 1. The Balaban J connectivity index is 2.29. The number of phenolic OH excluding ortho intramolecular Hbond substituents is 1. The standard InChI is InChI=1S/C15H14O4/c1-7-15(2,3)11-12(17)8-5-4-6-9(16)10(8)13(18)14(11)19-7/h4-7,16H,1-3H3/t7-/m1/s1. The summed E-state index contributed by atoms with van der Waals surface area (Å²) in [6.07, 6.45) is -0.248. The lowest BCUT2D eigenvalue weighted by Gasteiger charge is -2.25.